The number of piperazine rings is 1. The Morgan fingerprint density at radius 2 is 1.88 bits per heavy atom. The van der Waals surface area contributed by atoms with Gasteiger partial charge < -0.3 is 9.64 Å². The fraction of sp³-hybridized carbons (Fsp3) is 0.250. The van der Waals surface area contributed by atoms with E-state index in [4.69, 9.17) is 4.74 Å². The highest BCUT2D eigenvalue weighted by molar-refractivity contribution is 7.89. The third-order valence-corrected chi connectivity index (χ3v) is 6.97. The standard InChI is InChI=1S/C20H19N7O4S/c21-13-16-4-1-2-7-19(16)32(29,30)26-10-8-25(9-11-26)20(28)14-31-18-6-3-5-17(12-18)27-15-22-23-24-27/h1-7,12,15H,8-11,14H2. The lowest BCUT2D eigenvalue weighted by Crippen LogP contribution is -2.51. The van der Waals surface area contributed by atoms with Crippen molar-refractivity contribution >= 4 is 15.9 Å². The van der Waals surface area contributed by atoms with Crippen LogP contribution in [0.25, 0.3) is 5.69 Å². The highest BCUT2D eigenvalue weighted by atomic mass is 32.2. The number of tetrazole rings is 1. The van der Waals surface area contributed by atoms with Crippen LogP contribution in [-0.2, 0) is 14.8 Å². The molecule has 0 atom stereocenters. The van der Waals surface area contributed by atoms with Crippen LogP contribution in [-0.4, -0.2) is 76.5 Å². The monoisotopic (exact) mass is 453 g/mol. The molecule has 3 aromatic rings. The SMILES string of the molecule is N#Cc1ccccc1S(=O)(=O)N1CCN(C(=O)COc2cccc(-n3cnnn3)c2)CC1. The number of carbonyl (C=O) groups is 1. The molecule has 164 valence electrons. The predicted octanol–water partition coefficient (Wildman–Crippen LogP) is 0.446. The van der Waals surface area contributed by atoms with Gasteiger partial charge >= 0.3 is 0 Å². The van der Waals surface area contributed by atoms with Gasteiger partial charge in [-0.15, -0.1) is 5.10 Å². The molecule has 12 heteroatoms. The molecule has 4 rings (SSSR count). The van der Waals surface area contributed by atoms with Crippen molar-refractivity contribution in [3.63, 3.8) is 0 Å². The lowest BCUT2D eigenvalue weighted by Gasteiger charge is -2.34. The first-order valence-electron chi connectivity index (χ1n) is 9.72. The van der Waals surface area contributed by atoms with Gasteiger partial charge in [0.1, 0.15) is 18.1 Å². The number of carbonyl (C=O) groups excluding carboxylic acids is 1. The number of rotatable bonds is 6. The lowest BCUT2D eigenvalue weighted by atomic mass is 10.2. The van der Waals surface area contributed by atoms with Gasteiger partial charge in [0.15, 0.2) is 6.61 Å². The van der Waals surface area contributed by atoms with Crippen LogP contribution in [0.2, 0.25) is 0 Å². The van der Waals surface area contributed by atoms with E-state index in [2.05, 4.69) is 15.5 Å². The quantitative estimate of drug-likeness (QED) is 0.525. The second-order valence-corrected chi connectivity index (χ2v) is 8.84. The van der Waals surface area contributed by atoms with Gasteiger partial charge in [0.2, 0.25) is 10.0 Å². The van der Waals surface area contributed by atoms with Crippen LogP contribution in [0.1, 0.15) is 5.56 Å². The molecule has 0 saturated carbocycles. The summed E-state index contributed by atoms with van der Waals surface area (Å²) in [6, 6.07) is 15.0. The first kappa shape index (κ1) is 21.4. The predicted molar refractivity (Wildman–Crippen MR) is 111 cm³/mol. The molecule has 0 radical (unpaired) electrons. The summed E-state index contributed by atoms with van der Waals surface area (Å²) < 4.78 is 34.2. The molecule has 1 fully saturated rings. The number of sulfonamides is 1. The summed E-state index contributed by atoms with van der Waals surface area (Å²) in [4.78, 5) is 14.1. The van der Waals surface area contributed by atoms with Crippen LogP contribution in [0, 0.1) is 11.3 Å². The van der Waals surface area contributed by atoms with Gasteiger partial charge in [0, 0.05) is 32.2 Å². The first-order chi connectivity index (χ1) is 15.5. The van der Waals surface area contributed by atoms with E-state index in [1.54, 1.807) is 41.3 Å². The molecule has 0 unspecified atom stereocenters. The molecule has 1 aromatic heterocycles. The Balaban J connectivity index is 1.34. The van der Waals surface area contributed by atoms with Gasteiger partial charge in [-0.05, 0) is 34.7 Å². The largest absolute Gasteiger partial charge is 0.484 e. The number of ether oxygens (including phenoxy) is 1. The van der Waals surface area contributed by atoms with Crippen molar-refractivity contribution in [2.45, 2.75) is 4.90 Å². The minimum atomic E-state index is -3.81. The highest BCUT2D eigenvalue weighted by Gasteiger charge is 2.31. The van der Waals surface area contributed by atoms with Crippen LogP contribution in [0.4, 0.5) is 0 Å². The third kappa shape index (κ3) is 4.43. The average molecular weight is 453 g/mol. The molecule has 32 heavy (non-hydrogen) atoms. The zero-order valence-electron chi connectivity index (χ0n) is 16.9. The fourth-order valence-corrected chi connectivity index (χ4v) is 4.90. The minimum Gasteiger partial charge on any atom is -0.484 e. The maximum Gasteiger partial charge on any atom is 0.260 e. The van der Waals surface area contributed by atoms with E-state index in [1.165, 1.54) is 27.4 Å². The van der Waals surface area contributed by atoms with E-state index in [9.17, 15) is 18.5 Å². The van der Waals surface area contributed by atoms with Gasteiger partial charge in [0.05, 0.1) is 16.1 Å². The molecule has 0 N–H and O–H groups in total. The summed E-state index contributed by atoms with van der Waals surface area (Å²) in [5, 5.41) is 20.2. The summed E-state index contributed by atoms with van der Waals surface area (Å²) in [6.45, 7) is 0.579. The Labute approximate surface area is 184 Å². The van der Waals surface area contributed by atoms with Crippen molar-refractivity contribution in [1.29, 1.82) is 5.26 Å². The molecule has 1 saturated heterocycles. The van der Waals surface area contributed by atoms with E-state index in [-0.39, 0.29) is 49.2 Å². The van der Waals surface area contributed by atoms with Gasteiger partial charge in [-0.1, -0.05) is 18.2 Å². The number of benzene rings is 2. The summed E-state index contributed by atoms with van der Waals surface area (Å²) in [6.07, 6.45) is 1.45. The molecule has 2 heterocycles. The minimum absolute atomic E-state index is 0.0203. The van der Waals surface area contributed by atoms with Crippen molar-refractivity contribution in [1.82, 2.24) is 29.4 Å². The summed E-state index contributed by atoms with van der Waals surface area (Å²) in [5.74, 6) is 0.243. The summed E-state index contributed by atoms with van der Waals surface area (Å²) in [7, 11) is -3.81. The summed E-state index contributed by atoms with van der Waals surface area (Å²) >= 11 is 0. The van der Waals surface area contributed by atoms with Crippen LogP contribution >= 0.6 is 0 Å². The molecule has 11 nitrogen and oxygen atoms in total. The fourth-order valence-electron chi connectivity index (χ4n) is 3.33. The molecule has 2 aromatic carbocycles. The molecule has 1 aliphatic rings. The van der Waals surface area contributed by atoms with E-state index < -0.39 is 10.0 Å². The van der Waals surface area contributed by atoms with E-state index in [0.717, 1.165) is 0 Å². The number of hydrogen-bond donors (Lipinski definition) is 0. The zero-order valence-corrected chi connectivity index (χ0v) is 17.7. The molecule has 1 aliphatic heterocycles. The number of aromatic nitrogens is 4. The normalized spacial score (nSPS) is 14.7. The third-order valence-electron chi connectivity index (χ3n) is 5.01. The molecule has 0 bridgehead atoms. The smallest absolute Gasteiger partial charge is 0.260 e. The second kappa shape index (κ2) is 9.13. The Morgan fingerprint density at radius 1 is 1.09 bits per heavy atom. The topological polar surface area (TPSA) is 134 Å². The Kier molecular flexibility index (Phi) is 6.11. The maximum absolute atomic E-state index is 12.9. The van der Waals surface area contributed by atoms with E-state index in [0.29, 0.717) is 11.4 Å². The molecule has 1 amide bonds. The lowest BCUT2D eigenvalue weighted by molar-refractivity contribution is -0.134. The number of amides is 1. The first-order valence-corrected chi connectivity index (χ1v) is 11.2. The molecule has 0 aliphatic carbocycles. The molecular weight excluding hydrogens is 434 g/mol. The van der Waals surface area contributed by atoms with Crippen molar-refractivity contribution < 1.29 is 17.9 Å². The molecular formula is C20H19N7O4S. The number of hydrogen-bond acceptors (Lipinski definition) is 8. The second-order valence-electron chi connectivity index (χ2n) is 6.93. The highest BCUT2D eigenvalue weighted by Crippen LogP contribution is 2.21. The van der Waals surface area contributed by atoms with Gasteiger partial charge in [-0.3, -0.25) is 4.79 Å². The van der Waals surface area contributed by atoms with Crippen LogP contribution in [0.15, 0.2) is 59.8 Å². The Hall–Kier alpha value is -3.82. The van der Waals surface area contributed by atoms with Crippen molar-refractivity contribution in [2.24, 2.45) is 0 Å². The van der Waals surface area contributed by atoms with E-state index in [1.807, 2.05) is 6.07 Å². The van der Waals surface area contributed by atoms with Gasteiger partial charge in [-0.25, -0.2) is 13.1 Å². The van der Waals surface area contributed by atoms with Gasteiger partial charge in [-0.2, -0.15) is 9.57 Å². The zero-order chi connectivity index (χ0) is 22.6. The Bertz CT molecular complexity index is 1250. The van der Waals surface area contributed by atoms with Crippen molar-refractivity contribution in [3.05, 3.63) is 60.4 Å². The number of nitrogens with zero attached hydrogens (tertiary/aromatic N) is 7. The van der Waals surface area contributed by atoms with Crippen LogP contribution < -0.4 is 4.74 Å². The average Bonchev–Trinajstić information content (AvgIpc) is 3.38. The molecule has 0 spiro atoms. The van der Waals surface area contributed by atoms with Crippen molar-refractivity contribution in [3.8, 4) is 17.5 Å². The Morgan fingerprint density at radius 3 is 2.59 bits per heavy atom. The van der Waals surface area contributed by atoms with Gasteiger partial charge in [0.25, 0.3) is 5.91 Å². The van der Waals surface area contributed by atoms with Crippen LogP contribution in [0.5, 0.6) is 5.75 Å². The van der Waals surface area contributed by atoms with E-state index >= 15 is 0 Å². The number of nitriles is 1. The van der Waals surface area contributed by atoms with Crippen LogP contribution in [0.3, 0.4) is 0 Å². The maximum atomic E-state index is 12.9. The van der Waals surface area contributed by atoms with Crippen molar-refractivity contribution in [2.75, 3.05) is 32.8 Å². The summed E-state index contributed by atoms with van der Waals surface area (Å²) in [5.41, 5.74) is 0.791.